The van der Waals surface area contributed by atoms with Crippen molar-refractivity contribution in [3.8, 4) is 28.4 Å². The molecular formula is C56H61N4OPt-3. The second-order valence-corrected chi connectivity index (χ2v) is 21.0. The topological polar surface area (TPSA) is 33.5 Å². The van der Waals surface area contributed by atoms with Crippen molar-refractivity contribution >= 4 is 33.2 Å². The van der Waals surface area contributed by atoms with Crippen LogP contribution in [0.3, 0.4) is 0 Å². The summed E-state index contributed by atoms with van der Waals surface area (Å²) in [7, 11) is 0. The molecule has 1 aliphatic heterocycles. The van der Waals surface area contributed by atoms with Crippen molar-refractivity contribution in [2.75, 3.05) is 9.80 Å². The number of rotatable bonds is 6. The summed E-state index contributed by atoms with van der Waals surface area (Å²) < 4.78 is 9.10. The van der Waals surface area contributed by atoms with E-state index in [4.69, 9.17) is 9.72 Å². The molecular weight excluding hydrogens is 940 g/mol. The van der Waals surface area contributed by atoms with Crippen LogP contribution < -0.4 is 14.5 Å². The van der Waals surface area contributed by atoms with E-state index in [1.165, 1.54) is 39.1 Å². The number of hydrogen-bond donors (Lipinski definition) is 0. The molecule has 3 heterocycles. The molecule has 6 heteroatoms. The Hall–Kier alpha value is -5.12. The van der Waals surface area contributed by atoms with Crippen molar-refractivity contribution in [2.24, 2.45) is 5.41 Å². The number of nitrogens with zero attached hydrogens (tertiary/aromatic N) is 4. The minimum Gasteiger partial charge on any atom is -0.509 e. The molecule has 0 spiro atoms. The quantitative estimate of drug-likeness (QED) is 0.156. The van der Waals surface area contributed by atoms with Crippen LogP contribution in [0.4, 0.5) is 11.4 Å². The van der Waals surface area contributed by atoms with E-state index >= 15 is 0 Å². The largest absolute Gasteiger partial charge is 0.509 e. The van der Waals surface area contributed by atoms with Gasteiger partial charge in [-0.05, 0) is 105 Å². The first-order chi connectivity index (χ1) is 28.6. The summed E-state index contributed by atoms with van der Waals surface area (Å²) >= 11 is 0. The Bertz CT molecular complexity index is 2800. The number of ether oxygens (including phenoxy) is 1. The summed E-state index contributed by atoms with van der Waals surface area (Å²) in [6.07, 6.45) is 4.16. The third-order valence-corrected chi connectivity index (χ3v) is 12.0. The number of fused-ring (bicyclic) bond motifs is 3. The standard InChI is InChI=1S/C56H61N4O.Pt/c1-36-16-15-17-37(2)52(36)38-18-24-46-47-25-23-44(33-49(47)60(48(46)28-38)51-31-40(26-27-57-51)54(6,7)8)61-45-30-41(55(9,10)11)29-43(32-45)58-34-50(56(12,13)14)59(35-58)42-21-19-39(20-22-42)53(3,4)5;/h15-31,34-35H,1-14H3;/q-3;. The average Bonchev–Trinajstić information content (AvgIpc) is 3.77. The minimum atomic E-state index is -0.141. The molecule has 0 fully saturated rings. The summed E-state index contributed by atoms with van der Waals surface area (Å²) in [4.78, 5) is 9.48. The van der Waals surface area contributed by atoms with E-state index in [1.807, 2.05) is 12.3 Å². The third-order valence-electron chi connectivity index (χ3n) is 12.0. The van der Waals surface area contributed by atoms with Crippen LogP contribution in [0, 0.1) is 38.1 Å². The van der Waals surface area contributed by atoms with Crippen LogP contribution in [0.1, 0.15) is 111 Å². The van der Waals surface area contributed by atoms with Gasteiger partial charge in [-0.1, -0.05) is 131 Å². The Morgan fingerprint density at radius 3 is 1.87 bits per heavy atom. The van der Waals surface area contributed by atoms with Crippen LogP contribution in [0.25, 0.3) is 38.8 Å². The Morgan fingerprint density at radius 2 is 1.24 bits per heavy atom. The molecule has 324 valence electrons. The number of allylic oxidation sites excluding steroid dienone is 1. The predicted octanol–water partition coefficient (Wildman–Crippen LogP) is 15.1. The van der Waals surface area contributed by atoms with E-state index in [0.29, 0.717) is 11.5 Å². The maximum atomic E-state index is 6.84. The van der Waals surface area contributed by atoms with E-state index in [9.17, 15) is 0 Å². The van der Waals surface area contributed by atoms with Crippen molar-refractivity contribution in [3.63, 3.8) is 0 Å². The molecule has 7 aromatic rings. The second kappa shape index (κ2) is 16.2. The van der Waals surface area contributed by atoms with Crippen molar-refractivity contribution in [3.05, 3.63) is 162 Å². The van der Waals surface area contributed by atoms with Crippen molar-refractivity contribution < 1.29 is 25.8 Å². The van der Waals surface area contributed by atoms with Crippen LogP contribution in [-0.4, -0.2) is 9.55 Å². The van der Waals surface area contributed by atoms with Gasteiger partial charge in [0.25, 0.3) is 0 Å². The molecule has 0 atom stereocenters. The molecule has 1 aliphatic rings. The summed E-state index contributed by atoms with van der Waals surface area (Å²) in [5, 5.41) is 2.23. The number of anilines is 2. The molecule has 0 N–H and O–H groups in total. The van der Waals surface area contributed by atoms with Crippen molar-refractivity contribution in [1.82, 2.24) is 9.55 Å². The first-order valence-corrected chi connectivity index (χ1v) is 21.6. The Morgan fingerprint density at radius 1 is 0.597 bits per heavy atom. The van der Waals surface area contributed by atoms with Crippen LogP contribution >= 0.6 is 0 Å². The van der Waals surface area contributed by atoms with Crippen LogP contribution in [0.5, 0.6) is 11.5 Å². The van der Waals surface area contributed by atoms with Crippen molar-refractivity contribution in [1.29, 1.82) is 0 Å². The second-order valence-electron chi connectivity index (χ2n) is 21.0. The van der Waals surface area contributed by atoms with Gasteiger partial charge in [-0.15, -0.1) is 53.6 Å². The summed E-state index contributed by atoms with van der Waals surface area (Å²) in [5.74, 6) is 2.10. The molecule has 5 nitrogen and oxygen atoms in total. The van der Waals surface area contributed by atoms with Gasteiger partial charge < -0.3 is 19.1 Å². The number of benzene rings is 5. The molecule has 0 amide bonds. The number of aryl methyl sites for hydroxylation is 2. The average molecular weight is 1000 g/mol. The third kappa shape index (κ3) is 8.76. The van der Waals surface area contributed by atoms with Gasteiger partial charge in [-0.3, -0.25) is 0 Å². The Balaban J connectivity index is 0.00000578. The van der Waals surface area contributed by atoms with Gasteiger partial charge in [0.2, 0.25) is 0 Å². The van der Waals surface area contributed by atoms with Crippen molar-refractivity contribution in [2.45, 2.75) is 113 Å². The predicted molar refractivity (Wildman–Crippen MR) is 257 cm³/mol. The van der Waals surface area contributed by atoms with Crippen LogP contribution in [0.2, 0.25) is 0 Å². The van der Waals surface area contributed by atoms with Gasteiger partial charge in [0, 0.05) is 61.1 Å². The van der Waals surface area contributed by atoms with E-state index < -0.39 is 0 Å². The fourth-order valence-electron chi connectivity index (χ4n) is 8.35. The smallest absolute Gasteiger partial charge is 0.135 e. The number of aromatic nitrogens is 2. The Kier molecular flexibility index (Phi) is 11.7. The molecule has 0 radical (unpaired) electrons. The first kappa shape index (κ1) is 44.9. The molecule has 0 saturated heterocycles. The zero-order chi connectivity index (χ0) is 43.8. The number of hydrogen-bond acceptors (Lipinski definition) is 4. The zero-order valence-corrected chi connectivity index (χ0v) is 41.3. The number of pyridine rings is 1. The first-order valence-electron chi connectivity index (χ1n) is 21.6. The SMILES string of the molecule is Cc1cccc(C)c1-c1ccc2c3ccc(Oc4[c-]c(N5C=C(C(C)(C)C)N(c6ccc(C(C)(C)C)cc6)[CH-]5)cc(C(C)(C)C)c4)[c-]c3n(-c3cc(C(C)(C)C)ccn3)c2c1.[Pt]. The Labute approximate surface area is 385 Å². The molecule has 0 saturated carbocycles. The van der Waals surface area contributed by atoms with Gasteiger partial charge in [0.1, 0.15) is 5.82 Å². The normalized spacial score (nSPS) is 13.8. The summed E-state index contributed by atoms with van der Waals surface area (Å²) in [6.45, 7) is 33.6. The molecule has 5 aromatic carbocycles. The van der Waals surface area contributed by atoms with E-state index in [-0.39, 0.29) is 42.7 Å². The molecule has 8 rings (SSSR count). The van der Waals surface area contributed by atoms with E-state index in [0.717, 1.165) is 44.6 Å². The summed E-state index contributed by atoms with van der Waals surface area (Å²) in [6, 6.07) is 42.5. The van der Waals surface area contributed by atoms with Crippen LogP contribution in [-0.2, 0) is 37.3 Å². The molecule has 2 aromatic heterocycles. The maximum Gasteiger partial charge on any atom is 0.135 e. The van der Waals surface area contributed by atoms with Crippen LogP contribution in [0.15, 0.2) is 115 Å². The van der Waals surface area contributed by atoms with E-state index in [2.05, 4.69) is 227 Å². The van der Waals surface area contributed by atoms with Gasteiger partial charge in [-0.2, -0.15) is 6.07 Å². The monoisotopic (exact) mass is 1000 g/mol. The summed E-state index contributed by atoms with van der Waals surface area (Å²) in [5.41, 5.74) is 13.6. The molecule has 0 bridgehead atoms. The van der Waals surface area contributed by atoms with Gasteiger partial charge in [0.05, 0.1) is 0 Å². The zero-order valence-electron chi connectivity index (χ0n) is 39.0. The minimum absolute atomic E-state index is 0. The molecule has 62 heavy (non-hydrogen) atoms. The fourth-order valence-corrected chi connectivity index (χ4v) is 8.35. The van der Waals surface area contributed by atoms with Gasteiger partial charge >= 0.3 is 0 Å². The van der Waals surface area contributed by atoms with E-state index in [1.54, 1.807) is 0 Å². The van der Waals surface area contributed by atoms with Gasteiger partial charge in [0.15, 0.2) is 0 Å². The maximum absolute atomic E-state index is 6.84. The molecule has 0 aliphatic carbocycles. The molecule has 0 unspecified atom stereocenters. The van der Waals surface area contributed by atoms with Gasteiger partial charge in [-0.25, -0.2) is 4.98 Å². The fraction of sp³-hybridized carbons (Fsp3) is 0.321.